The van der Waals surface area contributed by atoms with Gasteiger partial charge in [-0.15, -0.1) is 0 Å². The summed E-state index contributed by atoms with van der Waals surface area (Å²) in [6, 6.07) is 60.9. The number of rotatable bonds is 28. The zero-order valence-corrected chi connectivity index (χ0v) is 45.8. The Kier molecular flexibility index (Phi) is 21.1. The van der Waals surface area contributed by atoms with E-state index >= 15 is 0 Å². The van der Waals surface area contributed by atoms with Gasteiger partial charge in [-0.2, -0.15) is 0 Å². The fourth-order valence-electron chi connectivity index (χ4n) is 9.97. The number of unbranched alkanes of at least 4 members (excludes halogenated alkanes) is 2. The van der Waals surface area contributed by atoms with Gasteiger partial charge in [0.1, 0.15) is 0 Å². The predicted molar refractivity (Wildman–Crippen MR) is 286 cm³/mol. The Balaban J connectivity index is 1.10. The molecule has 0 bridgehead atoms. The summed E-state index contributed by atoms with van der Waals surface area (Å²) in [6.45, 7) is 6.76. The first kappa shape index (κ1) is 54.5. The molecule has 6 aromatic carbocycles. The van der Waals surface area contributed by atoms with Gasteiger partial charge in [0.2, 0.25) is 0 Å². The average Bonchev–Trinajstić information content (AvgIpc) is 3.85. The van der Waals surface area contributed by atoms with Gasteiger partial charge in [0.25, 0.3) is 0 Å². The summed E-state index contributed by atoms with van der Waals surface area (Å²) in [7, 11) is 0. The summed E-state index contributed by atoms with van der Waals surface area (Å²) >= 11 is -3.78. The molecule has 0 aromatic heterocycles. The van der Waals surface area contributed by atoms with Crippen LogP contribution in [0.5, 0.6) is 0 Å². The molecule has 9 rings (SSSR count). The average molecular weight is 1110 g/mol. The SMILES string of the molecule is CCC[CH2][Sn]1([CH2]CCC)[O][C@H]2[C@@H]([O]1)[C@@H](COCc1ccccc1)O[C@@H](O[C@H]1[C@H](OCc3ccccc3)[C@@H](OCc3ccccc3)[C@H](OCc3ccccc3)O[C@@H]1COCc1ccccc1)[C@@H]2OCc1ccccc1. The van der Waals surface area contributed by atoms with Crippen molar-refractivity contribution in [3.8, 4) is 0 Å². The monoisotopic (exact) mass is 1110 g/mol. The van der Waals surface area contributed by atoms with Crippen LogP contribution in [0.3, 0.4) is 0 Å². The van der Waals surface area contributed by atoms with Crippen molar-refractivity contribution in [1.82, 2.24) is 0 Å². The second kappa shape index (κ2) is 28.7. The van der Waals surface area contributed by atoms with E-state index in [4.69, 9.17) is 48.8 Å². The minimum absolute atomic E-state index is 0.145. The van der Waals surface area contributed by atoms with Crippen LogP contribution in [0.4, 0.5) is 0 Å². The molecule has 0 N–H and O–H groups in total. The van der Waals surface area contributed by atoms with E-state index in [1.807, 2.05) is 133 Å². The minimum atomic E-state index is -3.78. The van der Waals surface area contributed by atoms with E-state index in [9.17, 15) is 0 Å². The molecule has 3 saturated heterocycles. The Morgan fingerprint density at radius 1 is 0.365 bits per heavy atom. The van der Waals surface area contributed by atoms with Crippen molar-refractivity contribution in [3.63, 3.8) is 0 Å². The molecule has 74 heavy (non-hydrogen) atoms. The summed E-state index contributed by atoms with van der Waals surface area (Å²) in [5.74, 6) is 0. The first-order valence-electron chi connectivity index (χ1n) is 26.7. The van der Waals surface area contributed by atoms with Gasteiger partial charge >= 0.3 is 373 Å². The molecule has 3 heterocycles. The Labute approximate surface area is 443 Å². The molecule has 392 valence electrons. The van der Waals surface area contributed by atoms with Gasteiger partial charge in [0.05, 0.1) is 0 Å². The van der Waals surface area contributed by atoms with Crippen molar-refractivity contribution in [1.29, 1.82) is 0 Å². The van der Waals surface area contributed by atoms with E-state index in [1.54, 1.807) is 0 Å². The third kappa shape index (κ3) is 15.4. The molecule has 11 nitrogen and oxygen atoms in total. The molecule has 6 aromatic rings. The first-order valence-corrected chi connectivity index (χ1v) is 33.1. The van der Waals surface area contributed by atoms with E-state index < -0.39 is 80.6 Å². The van der Waals surface area contributed by atoms with Crippen LogP contribution >= 0.6 is 0 Å². The van der Waals surface area contributed by atoms with Crippen molar-refractivity contribution in [2.75, 3.05) is 13.2 Å². The van der Waals surface area contributed by atoms with Crippen molar-refractivity contribution in [2.24, 2.45) is 0 Å². The van der Waals surface area contributed by atoms with E-state index in [2.05, 4.69) is 62.4 Å². The third-order valence-electron chi connectivity index (χ3n) is 13.9. The maximum absolute atomic E-state index is 7.60. The number of fused-ring (bicyclic) bond motifs is 1. The van der Waals surface area contributed by atoms with Gasteiger partial charge in [-0.3, -0.25) is 0 Å². The van der Waals surface area contributed by atoms with Crippen LogP contribution in [0.1, 0.15) is 72.9 Å². The van der Waals surface area contributed by atoms with E-state index in [0.717, 1.165) is 67.9 Å². The summed E-state index contributed by atoms with van der Waals surface area (Å²) in [5, 5.41) is 0. The van der Waals surface area contributed by atoms with E-state index in [0.29, 0.717) is 19.8 Å². The van der Waals surface area contributed by atoms with Gasteiger partial charge in [-0.25, -0.2) is 0 Å². The fraction of sp³-hybridized carbons (Fsp3) is 0.419. The van der Waals surface area contributed by atoms with Gasteiger partial charge in [0.15, 0.2) is 0 Å². The van der Waals surface area contributed by atoms with E-state index in [-0.39, 0.29) is 33.0 Å². The van der Waals surface area contributed by atoms with Gasteiger partial charge in [0, 0.05) is 0 Å². The summed E-state index contributed by atoms with van der Waals surface area (Å²) < 4.78 is 80.2. The molecule has 0 radical (unpaired) electrons. The zero-order chi connectivity index (χ0) is 50.6. The zero-order valence-electron chi connectivity index (χ0n) is 43.0. The Hall–Kier alpha value is -4.32. The van der Waals surface area contributed by atoms with Crippen LogP contribution < -0.4 is 0 Å². The third-order valence-corrected chi connectivity index (χ3v) is 24.3. The van der Waals surface area contributed by atoms with Crippen LogP contribution in [0.25, 0.3) is 0 Å². The molecule has 3 aliphatic rings. The molecule has 12 heteroatoms. The van der Waals surface area contributed by atoms with Gasteiger partial charge in [-0.1, -0.05) is 72.8 Å². The van der Waals surface area contributed by atoms with Crippen LogP contribution in [0.2, 0.25) is 8.87 Å². The molecule has 0 spiro atoms. The van der Waals surface area contributed by atoms with Crippen LogP contribution in [0.15, 0.2) is 182 Å². The van der Waals surface area contributed by atoms with Gasteiger partial charge in [-0.05, 0) is 0 Å². The first-order chi connectivity index (χ1) is 36.6. The maximum atomic E-state index is 7.60. The normalized spacial score (nSPS) is 25.4. The standard InChI is InChI=1S/C54H56O11.2C4H9.Sn/c55-47-45(37-57-31-39-19-7-1-8-20-39)63-54(50(48(47)56)59-33-41-23-11-3-12-24-41)65-49-46(38-58-32-40-21-9-2-10-22-40)64-53(62-36-44-29-17-6-18-30-44)52(61-35-43-27-15-5-16-28-43)51(49)60-34-42-25-13-4-14-26-42;2*1-3-4-2;/h1-30,45-54H,31-38H2;2*1,3-4H2,2H3;/q-2;;;+2/t45-,46-,47+,48+,49-,50-,51+,52-,53-,54+;;;/m1.../s1. The van der Waals surface area contributed by atoms with Crippen molar-refractivity contribution in [3.05, 3.63) is 215 Å². The Bertz CT molecular complexity index is 2450. The molecule has 0 amide bonds. The molecule has 3 fully saturated rings. The van der Waals surface area contributed by atoms with E-state index in [1.165, 1.54) is 0 Å². The fourth-order valence-corrected chi connectivity index (χ4v) is 21.7. The second-order valence-electron chi connectivity index (χ2n) is 19.6. The number of hydrogen-bond donors (Lipinski definition) is 0. The predicted octanol–water partition coefficient (Wildman–Crippen LogP) is 12.1. The summed E-state index contributed by atoms with van der Waals surface area (Å²) in [6.07, 6.45) is -2.96. The van der Waals surface area contributed by atoms with Crippen LogP contribution in [-0.4, -0.2) is 93.8 Å². The van der Waals surface area contributed by atoms with Crippen LogP contribution in [0, 0.1) is 0 Å². The topological polar surface area (TPSA) is 102 Å². The molecule has 10 atom stereocenters. The summed E-state index contributed by atoms with van der Waals surface area (Å²) in [4.78, 5) is 0. The molecule has 0 unspecified atom stereocenters. The molecular formula is C62H74O11Sn. The van der Waals surface area contributed by atoms with Crippen molar-refractivity contribution in [2.45, 2.75) is 149 Å². The summed E-state index contributed by atoms with van der Waals surface area (Å²) in [5.41, 5.74) is 6.11. The quantitative estimate of drug-likeness (QED) is 0.0439. The van der Waals surface area contributed by atoms with Crippen molar-refractivity contribution < 1.29 is 48.8 Å². The van der Waals surface area contributed by atoms with Gasteiger partial charge < -0.3 is 0 Å². The molecule has 0 saturated carbocycles. The Morgan fingerprint density at radius 2 is 0.730 bits per heavy atom. The second-order valence-corrected chi connectivity index (χ2v) is 28.9. The van der Waals surface area contributed by atoms with Crippen molar-refractivity contribution >= 4 is 19.2 Å². The number of benzene rings is 6. The molecule has 0 aliphatic carbocycles. The van der Waals surface area contributed by atoms with Crippen LogP contribution in [-0.2, 0) is 88.4 Å². The Morgan fingerprint density at radius 3 is 1.18 bits per heavy atom. The molecular weight excluding hydrogens is 1040 g/mol. The number of ether oxygens (including phenoxy) is 9. The number of hydrogen-bond acceptors (Lipinski definition) is 11. The molecule has 3 aliphatic heterocycles.